The zero-order chi connectivity index (χ0) is 17.2. The van der Waals surface area contributed by atoms with Crippen LogP contribution in [-0.2, 0) is 26.2 Å². The number of ether oxygens (including phenoxy) is 1. The molecule has 24 heavy (non-hydrogen) atoms. The van der Waals surface area contributed by atoms with Gasteiger partial charge in [0, 0.05) is 6.54 Å². The molecule has 0 bridgehead atoms. The van der Waals surface area contributed by atoms with Gasteiger partial charge in [0.2, 0.25) is 10.0 Å². The third kappa shape index (κ3) is 3.37. The van der Waals surface area contributed by atoms with Gasteiger partial charge in [-0.3, -0.25) is 4.79 Å². The summed E-state index contributed by atoms with van der Waals surface area (Å²) in [5.74, 6) is -0.0196. The highest BCUT2D eigenvalue weighted by molar-refractivity contribution is 7.89. The van der Waals surface area contributed by atoms with E-state index >= 15 is 0 Å². The van der Waals surface area contributed by atoms with Gasteiger partial charge in [0.15, 0.2) is 0 Å². The second-order valence-electron chi connectivity index (χ2n) is 5.77. The topological polar surface area (TPSA) is 76.8 Å². The molecule has 7 heteroatoms. The maximum Gasteiger partial charge on any atom is 0.324 e. The molecule has 1 atom stereocenters. The maximum absolute atomic E-state index is 12.8. The van der Waals surface area contributed by atoms with E-state index < -0.39 is 22.0 Å². The smallest absolute Gasteiger partial charge is 0.324 e. The molecule has 0 N–H and O–H groups in total. The van der Waals surface area contributed by atoms with Crippen molar-refractivity contribution in [1.82, 2.24) is 4.31 Å². The van der Waals surface area contributed by atoms with Gasteiger partial charge in [0.1, 0.15) is 18.4 Å². The molecule has 2 aromatic rings. The summed E-state index contributed by atoms with van der Waals surface area (Å²) in [6.45, 7) is 2.21. The largest absolute Gasteiger partial charge is 0.466 e. The highest BCUT2D eigenvalue weighted by Crippen LogP contribution is 2.27. The predicted octanol–water partition coefficient (Wildman–Crippen LogP) is 2.48. The van der Waals surface area contributed by atoms with E-state index in [2.05, 4.69) is 0 Å². The van der Waals surface area contributed by atoms with E-state index in [0.717, 1.165) is 5.56 Å². The van der Waals surface area contributed by atoms with Crippen molar-refractivity contribution >= 4 is 16.0 Å². The second kappa shape index (κ2) is 6.78. The first-order valence-electron chi connectivity index (χ1n) is 7.76. The number of sulfonamides is 1. The average molecular weight is 349 g/mol. The Kier molecular flexibility index (Phi) is 4.73. The van der Waals surface area contributed by atoms with E-state index in [0.29, 0.717) is 25.1 Å². The standard InChI is InChI=1S/C17H19NO5S/c1-13-6-8-15(9-7-13)24(20,21)18-10-2-5-16(18)17(19)23-12-14-4-3-11-22-14/h3-4,6-9,11,16H,2,5,10,12H2,1H3/t16-/m0/s1. The number of nitrogens with zero attached hydrogens (tertiary/aromatic N) is 1. The Hall–Kier alpha value is -2.12. The summed E-state index contributed by atoms with van der Waals surface area (Å²) < 4.78 is 37.1. The highest BCUT2D eigenvalue weighted by Gasteiger charge is 2.40. The summed E-state index contributed by atoms with van der Waals surface area (Å²) >= 11 is 0. The monoisotopic (exact) mass is 349 g/mol. The molecule has 128 valence electrons. The number of benzene rings is 1. The van der Waals surface area contributed by atoms with Gasteiger partial charge in [-0.15, -0.1) is 0 Å². The van der Waals surface area contributed by atoms with Gasteiger partial charge in [-0.1, -0.05) is 17.7 Å². The van der Waals surface area contributed by atoms with Crippen molar-refractivity contribution in [3.63, 3.8) is 0 Å². The molecule has 0 radical (unpaired) electrons. The lowest BCUT2D eigenvalue weighted by atomic mass is 10.2. The molecule has 1 saturated heterocycles. The lowest BCUT2D eigenvalue weighted by molar-refractivity contribution is -0.149. The summed E-state index contributed by atoms with van der Waals surface area (Å²) in [5, 5.41) is 0. The molecular formula is C17H19NO5S. The van der Waals surface area contributed by atoms with Gasteiger partial charge in [0.25, 0.3) is 0 Å². The molecule has 2 heterocycles. The quantitative estimate of drug-likeness (QED) is 0.775. The van der Waals surface area contributed by atoms with Crippen LogP contribution in [-0.4, -0.2) is 31.3 Å². The number of hydrogen-bond donors (Lipinski definition) is 0. The predicted molar refractivity (Wildman–Crippen MR) is 86.6 cm³/mol. The van der Waals surface area contributed by atoms with Gasteiger partial charge in [-0.2, -0.15) is 4.31 Å². The molecule has 0 aliphatic carbocycles. The highest BCUT2D eigenvalue weighted by atomic mass is 32.2. The van der Waals surface area contributed by atoms with Crippen LogP contribution in [0.3, 0.4) is 0 Å². The lowest BCUT2D eigenvalue weighted by Gasteiger charge is -2.22. The van der Waals surface area contributed by atoms with Crippen LogP contribution >= 0.6 is 0 Å². The minimum atomic E-state index is -3.71. The van der Waals surface area contributed by atoms with E-state index in [1.165, 1.54) is 10.6 Å². The van der Waals surface area contributed by atoms with Gasteiger partial charge in [-0.05, 0) is 44.0 Å². The van der Waals surface area contributed by atoms with Crippen LogP contribution in [0.5, 0.6) is 0 Å². The molecule has 1 aliphatic rings. The van der Waals surface area contributed by atoms with Crippen LogP contribution in [0.2, 0.25) is 0 Å². The first-order chi connectivity index (χ1) is 11.5. The average Bonchev–Trinajstić information content (AvgIpc) is 3.24. The molecule has 0 amide bonds. The minimum absolute atomic E-state index is 0.000747. The lowest BCUT2D eigenvalue weighted by Crippen LogP contribution is -2.41. The summed E-state index contributed by atoms with van der Waals surface area (Å²) in [4.78, 5) is 12.5. The molecule has 6 nitrogen and oxygen atoms in total. The zero-order valence-electron chi connectivity index (χ0n) is 13.3. The Morgan fingerprint density at radius 3 is 2.71 bits per heavy atom. The Morgan fingerprint density at radius 1 is 1.29 bits per heavy atom. The molecule has 1 fully saturated rings. The van der Waals surface area contributed by atoms with E-state index in [1.807, 2.05) is 6.92 Å². The molecule has 1 aromatic heterocycles. The SMILES string of the molecule is Cc1ccc(S(=O)(=O)N2CCC[C@H]2C(=O)OCc2ccco2)cc1. The van der Waals surface area contributed by atoms with E-state index in [-0.39, 0.29) is 11.5 Å². The van der Waals surface area contributed by atoms with Crippen molar-refractivity contribution in [1.29, 1.82) is 0 Å². The fourth-order valence-corrected chi connectivity index (χ4v) is 4.39. The molecule has 0 unspecified atom stereocenters. The number of aryl methyl sites for hydroxylation is 1. The summed E-state index contributed by atoms with van der Waals surface area (Å²) in [6.07, 6.45) is 2.58. The van der Waals surface area contributed by atoms with Crippen LogP contribution in [0.4, 0.5) is 0 Å². The van der Waals surface area contributed by atoms with Crippen molar-refractivity contribution in [3.8, 4) is 0 Å². The van der Waals surface area contributed by atoms with Crippen LogP contribution < -0.4 is 0 Å². The third-order valence-corrected chi connectivity index (χ3v) is 5.96. The van der Waals surface area contributed by atoms with Crippen molar-refractivity contribution < 1.29 is 22.4 Å². The Labute approximate surface area is 141 Å². The fraction of sp³-hybridized carbons (Fsp3) is 0.353. The summed E-state index contributed by atoms with van der Waals surface area (Å²) in [5.41, 5.74) is 0.977. The number of carbonyl (C=O) groups excluding carboxylic acids is 1. The Morgan fingerprint density at radius 2 is 2.04 bits per heavy atom. The zero-order valence-corrected chi connectivity index (χ0v) is 14.2. The number of hydrogen-bond acceptors (Lipinski definition) is 5. The van der Waals surface area contributed by atoms with Crippen molar-refractivity contribution in [3.05, 3.63) is 54.0 Å². The van der Waals surface area contributed by atoms with Crippen LogP contribution in [0.15, 0.2) is 52.0 Å². The normalized spacial score (nSPS) is 18.6. The summed E-state index contributed by atoms with van der Waals surface area (Å²) in [7, 11) is -3.71. The molecular weight excluding hydrogens is 330 g/mol. The number of furan rings is 1. The van der Waals surface area contributed by atoms with Crippen molar-refractivity contribution in [2.24, 2.45) is 0 Å². The molecule has 3 rings (SSSR count). The maximum atomic E-state index is 12.8. The molecule has 1 aromatic carbocycles. The first-order valence-corrected chi connectivity index (χ1v) is 9.20. The second-order valence-corrected chi connectivity index (χ2v) is 7.66. The van der Waals surface area contributed by atoms with Crippen LogP contribution in [0.25, 0.3) is 0 Å². The number of rotatable bonds is 5. The summed E-state index contributed by atoms with van der Waals surface area (Å²) in [6, 6.07) is 9.23. The van der Waals surface area contributed by atoms with Gasteiger partial charge < -0.3 is 9.15 Å². The van der Waals surface area contributed by atoms with Gasteiger partial charge in [-0.25, -0.2) is 8.42 Å². The van der Waals surface area contributed by atoms with Crippen molar-refractivity contribution in [2.75, 3.05) is 6.54 Å². The first kappa shape index (κ1) is 16.7. The van der Waals surface area contributed by atoms with Crippen LogP contribution in [0, 0.1) is 6.92 Å². The van der Waals surface area contributed by atoms with E-state index in [1.54, 1.807) is 36.4 Å². The fourth-order valence-electron chi connectivity index (χ4n) is 2.74. The Balaban J connectivity index is 1.74. The molecule has 0 spiro atoms. The number of esters is 1. The Bertz CT molecular complexity index is 796. The number of carbonyl (C=O) groups is 1. The minimum Gasteiger partial charge on any atom is -0.466 e. The van der Waals surface area contributed by atoms with Crippen LogP contribution in [0.1, 0.15) is 24.2 Å². The van der Waals surface area contributed by atoms with Gasteiger partial charge >= 0.3 is 5.97 Å². The van der Waals surface area contributed by atoms with E-state index in [4.69, 9.17) is 9.15 Å². The van der Waals surface area contributed by atoms with Gasteiger partial charge in [0.05, 0.1) is 11.2 Å². The van der Waals surface area contributed by atoms with Crippen molar-refractivity contribution in [2.45, 2.75) is 37.3 Å². The molecule has 1 aliphatic heterocycles. The third-order valence-electron chi connectivity index (χ3n) is 4.04. The molecule has 0 saturated carbocycles. The van der Waals surface area contributed by atoms with E-state index in [9.17, 15) is 13.2 Å².